The maximum atomic E-state index is 13.8. The normalized spacial score (nSPS) is 16.0. The van der Waals surface area contributed by atoms with Crippen LogP contribution in [0.5, 0.6) is 0 Å². The Hall–Kier alpha value is -1.78. The summed E-state index contributed by atoms with van der Waals surface area (Å²) in [5.41, 5.74) is 6.33. The summed E-state index contributed by atoms with van der Waals surface area (Å²) in [6.45, 7) is 0.875. The number of nitrogens with two attached hydrogens (primary N) is 1. The average molecular weight is 237 g/mol. The number of rotatable bonds is 4. The van der Waals surface area contributed by atoms with E-state index in [1.54, 1.807) is 12.1 Å². The molecule has 5 heteroatoms. The minimum absolute atomic E-state index is 0.0831. The Labute approximate surface area is 99.5 Å². The first kappa shape index (κ1) is 11.7. The van der Waals surface area contributed by atoms with Gasteiger partial charge in [-0.05, 0) is 37.0 Å². The van der Waals surface area contributed by atoms with Crippen LogP contribution >= 0.6 is 0 Å². The summed E-state index contributed by atoms with van der Waals surface area (Å²) in [5.74, 6) is 0.265. The Morgan fingerprint density at radius 2 is 2.29 bits per heavy atom. The van der Waals surface area contributed by atoms with E-state index in [1.807, 2.05) is 11.9 Å². The van der Waals surface area contributed by atoms with Gasteiger partial charge in [0, 0.05) is 19.2 Å². The van der Waals surface area contributed by atoms with E-state index in [0.717, 1.165) is 6.54 Å². The van der Waals surface area contributed by atoms with E-state index in [2.05, 4.69) is 5.16 Å². The maximum Gasteiger partial charge on any atom is 0.170 e. The molecular formula is C12H16FN3O. The zero-order valence-electron chi connectivity index (χ0n) is 9.73. The largest absolute Gasteiger partial charge is 0.409 e. The summed E-state index contributed by atoms with van der Waals surface area (Å²) in [7, 11) is 1.87. The minimum Gasteiger partial charge on any atom is -0.409 e. The van der Waals surface area contributed by atoms with Gasteiger partial charge in [0.15, 0.2) is 5.84 Å². The average Bonchev–Trinajstić information content (AvgIpc) is 3.11. The molecule has 1 aliphatic rings. The van der Waals surface area contributed by atoms with Gasteiger partial charge >= 0.3 is 0 Å². The maximum absolute atomic E-state index is 13.8. The van der Waals surface area contributed by atoms with Crippen molar-refractivity contribution in [2.75, 3.05) is 18.5 Å². The Morgan fingerprint density at radius 3 is 2.82 bits per heavy atom. The van der Waals surface area contributed by atoms with Gasteiger partial charge in [0.1, 0.15) is 5.82 Å². The molecule has 0 bridgehead atoms. The molecule has 0 aliphatic heterocycles. The summed E-state index contributed by atoms with van der Waals surface area (Å²) in [6, 6.07) is 4.59. The predicted molar refractivity (Wildman–Crippen MR) is 64.9 cm³/mol. The van der Waals surface area contributed by atoms with Crippen molar-refractivity contribution < 1.29 is 9.60 Å². The number of benzene rings is 1. The molecule has 2 rings (SSSR count). The van der Waals surface area contributed by atoms with Crippen molar-refractivity contribution in [2.24, 2.45) is 16.8 Å². The highest BCUT2D eigenvalue weighted by Crippen LogP contribution is 2.31. The topological polar surface area (TPSA) is 61.8 Å². The molecule has 1 aliphatic carbocycles. The van der Waals surface area contributed by atoms with Crippen molar-refractivity contribution in [1.29, 1.82) is 0 Å². The molecule has 0 amide bonds. The number of anilines is 1. The van der Waals surface area contributed by atoms with Crippen molar-refractivity contribution in [3.63, 3.8) is 0 Å². The van der Waals surface area contributed by atoms with Crippen LogP contribution in [0.25, 0.3) is 0 Å². The van der Waals surface area contributed by atoms with Gasteiger partial charge in [-0.2, -0.15) is 0 Å². The zero-order valence-corrected chi connectivity index (χ0v) is 9.73. The molecule has 0 unspecified atom stereocenters. The van der Waals surface area contributed by atoms with E-state index in [-0.39, 0.29) is 11.7 Å². The Balaban J connectivity index is 2.18. The van der Waals surface area contributed by atoms with E-state index >= 15 is 0 Å². The molecule has 0 heterocycles. The van der Waals surface area contributed by atoms with Crippen LogP contribution in [0.3, 0.4) is 0 Å². The smallest absolute Gasteiger partial charge is 0.170 e. The van der Waals surface area contributed by atoms with Crippen molar-refractivity contribution in [1.82, 2.24) is 0 Å². The van der Waals surface area contributed by atoms with Crippen molar-refractivity contribution in [3.8, 4) is 0 Å². The standard InChI is InChI=1S/C12H16FN3O/c1-16(7-8-2-3-8)11-5-4-9(6-10(11)13)12(14)15-17/h4-6,8,17H,2-3,7H2,1H3,(H2,14,15). The second-order valence-corrected chi connectivity index (χ2v) is 4.48. The summed E-state index contributed by atoms with van der Waals surface area (Å²) < 4.78 is 13.8. The summed E-state index contributed by atoms with van der Waals surface area (Å²) in [4.78, 5) is 1.91. The third kappa shape index (κ3) is 2.67. The number of hydrogen-bond acceptors (Lipinski definition) is 3. The second-order valence-electron chi connectivity index (χ2n) is 4.48. The number of amidine groups is 1. The molecule has 92 valence electrons. The monoisotopic (exact) mass is 237 g/mol. The van der Waals surface area contributed by atoms with Crippen molar-refractivity contribution in [2.45, 2.75) is 12.8 Å². The molecule has 3 N–H and O–H groups in total. The quantitative estimate of drug-likeness (QED) is 0.363. The molecule has 0 saturated heterocycles. The fraction of sp³-hybridized carbons (Fsp3) is 0.417. The van der Waals surface area contributed by atoms with Crippen LogP contribution in [0.4, 0.5) is 10.1 Å². The number of nitrogens with zero attached hydrogens (tertiary/aromatic N) is 2. The molecule has 4 nitrogen and oxygen atoms in total. The van der Waals surface area contributed by atoms with Gasteiger partial charge in [0.05, 0.1) is 5.69 Å². The molecular weight excluding hydrogens is 221 g/mol. The molecule has 0 aromatic heterocycles. The van der Waals surface area contributed by atoms with Crippen LogP contribution in [0, 0.1) is 11.7 Å². The van der Waals surface area contributed by atoms with Gasteiger partial charge in [0.2, 0.25) is 0 Å². The first-order valence-corrected chi connectivity index (χ1v) is 5.60. The van der Waals surface area contributed by atoms with Gasteiger partial charge in [-0.1, -0.05) is 5.16 Å². The van der Waals surface area contributed by atoms with Crippen LogP contribution in [-0.4, -0.2) is 24.6 Å². The summed E-state index contributed by atoms with van der Waals surface area (Å²) in [6.07, 6.45) is 2.46. The highest BCUT2D eigenvalue weighted by atomic mass is 19.1. The van der Waals surface area contributed by atoms with E-state index in [1.165, 1.54) is 18.9 Å². The molecule has 17 heavy (non-hydrogen) atoms. The summed E-state index contributed by atoms with van der Waals surface area (Å²) in [5, 5.41) is 11.4. The number of hydrogen-bond donors (Lipinski definition) is 2. The number of halogens is 1. The lowest BCUT2D eigenvalue weighted by Gasteiger charge is -2.20. The molecule has 1 fully saturated rings. The van der Waals surface area contributed by atoms with Crippen LogP contribution in [0.15, 0.2) is 23.4 Å². The third-order valence-electron chi connectivity index (χ3n) is 2.99. The van der Waals surface area contributed by atoms with E-state index in [4.69, 9.17) is 10.9 Å². The lowest BCUT2D eigenvalue weighted by Crippen LogP contribution is -2.21. The van der Waals surface area contributed by atoms with Crippen LogP contribution in [0.1, 0.15) is 18.4 Å². The first-order valence-electron chi connectivity index (χ1n) is 5.60. The Morgan fingerprint density at radius 1 is 1.59 bits per heavy atom. The molecule has 1 aromatic carbocycles. The molecule has 0 atom stereocenters. The first-order chi connectivity index (χ1) is 8.11. The lowest BCUT2D eigenvalue weighted by atomic mass is 10.1. The fourth-order valence-electron chi connectivity index (χ4n) is 1.82. The highest BCUT2D eigenvalue weighted by Gasteiger charge is 2.23. The Bertz CT molecular complexity index is 443. The van der Waals surface area contributed by atoms with Gasteiger partial charge in [-0.3, -0.25) is 0 Å². The van der Waals surface area contributed by atoms with Gasteiger partial charge in [-0.25, -0.2) is 4.39 Å². The highest BCUT2D eigenvalue weighted by molar-refractivity contribution is 5.97. The summed E-state index contributed by atoms with van der Waals surface area (Å²) >= 11 is 0. The van der Waals surface area contributed by atoms with Crippen LogP contribution in [0.2, 0.25) is 0 Å². The number of oxime groups is 1. The zero-order chi connectivity index (χ0) is 12.4. The van der Waals surface area contributed by atoms with Crippen molar-refractivity contribution in [3.05, 3.63) is 29.6 Å². The van der Waals surface area contributed by atoms with Gasteiger partial charge in [0.25, 0.3) is 0 Å². The molecule has 0 spiro atoms. The molecule has 1 saturated carbocycles. The van der Waals surface area contributed by atoms with Gasteiger partial charge in [-0.15, -0.1) is 0 Å². The van der Waals surface area contributed by atoms with Crippen molar-refractivity contribution >= 4 is 11.5 Å². The third-order valence-corrected chi connectivity index (χ3v) is 2.99. The van der Waals surface area contributed by atoms with Crippen LogP contribution in [-0.2, 0) is 0 Å². The van der Waals surface area contributed by atoms with E-state index < -0.39 is 0 Å². The van der Waals surface area contributed by atoms with Crippen LogP contribution < -0.4 is 10.6 Å². The predicted octanol–water partition coefficient (Wildman–Crippen LogP) is 1.77. The molecule has 0 radical (unpaired) electrons. The van der Waals surface area contributed by atoms with E-state index in [9.17, 15) is 4.39 Å². The van der Waals surface area contributed by atoms with Gasteiger partial charge < -0.3 is 15.8 Å². The minimum atomic E-state index is -0.350. The fourth-order valence-corrected chi connectivity index (χ4v) is 1.82. The van der Waals surface area contributed by atoms with E-state index in [0.29, 0.717) is 17.2 Å². The molecule has 1 aromatic rings. The SMILES string of the molecule is CN(CC1CC1)c1ccc(/C(N)=N/O)cc1F. The second kappa shape index (κ2) is 4.61. The Kier molecular flexibility index (Phi) is 3.17. The lowest BCUT2D eigenvalue weighted by molar-refractivity contribution is 0.318.